The van der Waals surface area contributed by atoms with E-state index in [-0.39, 0.29) is 30.0 Å². The fraction of sp³-hybridized carbons (Fsp3) is 0.476. The molecule has 3 amide bonds. The number of H-pyrrole nitrogens is 1. The second-order valence-corrected chi connectivity index (χ2v) is 15.0. The molecule has 0 fully saturated rings. The van der Waals surface area contributed by atoms with E-state index in [4.69, 9.17) is 23.1 Å². The molecule has 3 aromatic rings. The van der Waals surface area contributed by atoms with Crippen LogP contribution < -0.4 is 27.4 Å². The van der Waals surface area contributed by atoms with Gasteiger partial charge in [-0.2, -0.15) is 13.2 Å². The summed E-state index contributed by atoms with van der Waals surface area (Å²) in [6, 6.07) is 12.1. The van der Waals surface area contributed by atoms with Crippen molar-refractivity contribution in [2.24, 2.45) is 16.5 Å². The van der Waals surface area contributed by atoms with Crippen molar-refractivity contribution >= 4 is 59.1 Å². The molecule has 0 saturated carbocycles. The predicted octanol–water partition coefficient (Wildman–Crippen LogP) is 5.78. The summed E-state index contributed by atoms with van der Waals surface area (Å²) < 4.78 is 42.7. The summed E-state index contributed by atoms with van der Waals surface area (Å²) in [7, 11) is 2.70. The quantitative estimate of drug-likeness (QED) is 0.0340. The number of unbranched alkanes of at least 4 members (excludes halogenated alkanes) is 1. The number of amides is 3. The molecule has 0 unspecified atom stereocenters. The van der Waals surface area contributed by atoms with Crippen molar-refractivity contribution in [2.45, 2.75) is 94.5 Å². The Balaban J connectivity index is 2.00. The van der Waals surface area contributed by atoms with Crippen LogP contribution >= 0.6 is 24.2 Å². The number of rotatable bonds is 24. The maximum atomic E-state index is 14.6. The maximum Gasteiger partial charge on any atom is 0.431 e. The highest BCUT2D eigenvalue weighted by atomic mass is 35.5. The van der Waals surface area contributed by atoms with Gasteiger partial charge >= 0.3 is 6.18 Å². The number of aromatic nitrogens is 1. The predicted molar refractivity (Wildman–Crippen MR) is 233 cm³/mol. The number of nitrogens with one attached hydrogen (secondary N) is 4. The van der Waals surface area contributed by atoms with Gasteiger partial charge in [0, 0.05) is 61.8 Å². The van der Waals surface area contributed by atoms with E-state index < -0.39 is 54.3 Å². The number of likely N-dealkylation sites (N-methyl/N-ethyl adjacent to an activating group) is 2. The summed E-state index contributed by atoms with van der Waals surface area (Å²) >= 11 is 11.1. The van der Waals surface area contributed by atoms with Crippen LogP contribution in [0.4, 0.5) is 13.2 Å². The van der Waals surface area contributed by atoms with E-state index in [0.29, 0.717) is 51.9 Å². The summed E-state index contributed by atoms with van der Waals surface area (Å²) in [4.78, 5) is 53.1. The molecular formula is C42H59ClF3N9O3S. The topological polar surface area (TPSA) is 174 Å². The molecule has 0 spiro atoms. The summed E-state index contributed by atoms with van der Waals surface area (Å²) in [5.74, 6) is -1.59. The highest BCUT2D eigenvalue weighted by molar-refractivity contribution is 7.80. The third-order valence-electron chi connectivity index (χ3n) is 9.86. The van der Waals surface area contributed by atoms with Gasteiger partial charge in [0.2, 0.25) is 17.7 Å². The lowest BCUT2D eigenvalue weighted by molar-refractivity contribution is -0.142. The lowest BCUT2D eigenvalue weighted by atomic mass is 10.0. The number of nitrogens with two attached hydrogens (primary N) is 2. The van der Waals surface area contributed by atoms with Crippen LogP contribution in [0.25, 0.3) is 10.9 Å². The summed E-state index contributed by atoms with van der Waals surface area (Å²) in [6.45, 7) is 4.31. The first-order chi connectivity index (χ1) is 28.2. The molecule has 0 bridgehead atoms. The van der Waals surface area contributed by atoms with Gasteiger partial charge in [0.05, 0.1) is 23.3 Å². The van der Waals surface area contributed by atoms with Gasteiger partial charge < -0.3 is 42.2 Å². The number of hydrogen-bond donors (Lipinski definition) is 7. The summed E-state index contributed by atoms with van der Waals surface area (Å²) in [6.07, 6.45) is 1.74. The second kappa shape index (κ2) is 24.7. The first-order valence-corrected chi connectivity index (χ1v) is 20.7. The molecule has 59 heavy (non-hydrogen) atoms. The fourth-order valence-corrected chi connectivity index (χ4v) is 7.06. The van der Waals surface area contributed by atoms with E-state index in [1.165, 1.54) is 25.2 Å². The number of para-hydroxylation sites is 1. The molecule has 12 nitrogen and oxygen atoms in total. The van der Waals surface area contributed by atoms with E-state index >= 15 is 0 Å². The molecule has 0 aliphatic heterocycles. The van der Waals surface area contributed by atoms with E-state index in [2.05, 4.69) is 38.6 Å². The van der Waals surface area contributed by atoms with Crippen molar-refractivity contribution in [3.05, 3.63) is 88.4 Å². The number of halogens is 4. The van der Waals surface area contributed by atoms with Crippen molar-refractivity contribution in [2.75, 3.05) is 40.3 Å². The Kier molecular flexibility index (Phi) is 20.5. The highest BCUT2D eigenvalue weighted by Gasteiger charge is 2.38. The van der Waals surface area contributed by atoms with Gasteiger partial charge in [0.25, 0.3) is 0 Å². The minimum Gasteiger partial charge on any atom is -0.361 e. The van der Waals surface area contributed by atoms with Crippen molar-refractivity contribution in [3.63, 3.8) is 0 Å². The van der Waals surface area contributed by atoms with E-state index in [1.807, 2.05) is 48.5 Å². The molecule has 1 heterocycles. The average Bonchev–Trinajstić information content (AvgIpc) is 3.62. The minimum absolute atomic E-state index is 0.0365. The standard InChI is InChI=1S/C42H59ClF3N9O3S/c1-5-14-38(42(44,45)46)54(3)36(31(43)26-49-6-2)27-52-40(57)35(23-29-25-50-32-17-9-8-16-30(29)32)55(4)41(58)34(18-11-12-21-47)53-39(56)33(19-13-22-48)51-24-28-15-7-10-20-37(28)59/h7-10,14-17,20,25-26,33-35,50-51,59H,5-6,11-13,18-19,21-24,27,47-48H2,1-4H3,(H,52,57)(H,53,56)/b36-31+,38-14-,49-26?/t33-,34-,35-/m0/s1. The number of aliphatic imine (C=N–C) groups is 1. The molecule has 0 radical (unpaired) electrons. The Morgan fingerprint density at radius 1 is 0.949 bits per heavy atom. The summed E-state index contributed by atoms with van der Waals surface area (Å²) in [5, 5.41) is 9.73. The SMILES string of the molecule is CC/C=C(\N(C)/C(CNC(=O)[C@H](Cc1c[nH]c2ccccc12)N(C)C(=O)[C@H](CCCCN)NC(=O)[C@H](CCCN)NCc1ccccc1S)=C(/Cl)C=NCC)C(F)(F)F. The molecule has 8 N–H and O–H groups in total. The van der Waals surface area contributed by atoms with Crippen LogP contribution in [-0.2, 0) is 27.3 Å². The number of fused-ring (bicyclic) bond motifs is 1. The van der Waals surface area contributed by atoms with E-state index in [0.717, 1.165) is 37.9 Å². The number of carbonyl (C=O) groups excluding carboxylic acids is 3. The smallest absolute Gasteiger partial charge is 0.361 e. The van der Waals surface area contributed by atoms with Crippen LogP contribution in [0.3, 0.4) is 0 Å². The van der Waals surface area contributed by atoms with Crippen LogP contribution in [0.5, 0.6) is 0 Å². The van der Waals surface area contributed by atoms with Gasteiger partial charge in [-0.1, -0.05) is 61.0 Å². The molecule has 17 heteroatoms. The monoisotopic (exact) mass is 861 g/mol. The van der Waals surface area contributed by atoms with Gasteiger partial charge in [0.1, 0.15) is 17.8 Å². The number of aromatic amines is 1. The van der Waals surface area contributed by atoms with Crippen LogP contribution in [0, 0.1) is 0 Å². The van der Waals surface area contributed by atoms with Crippen molar-refractivity contribution in [3.8, 4) is 0 Å². The van der Waals surface area contributed by atoms with Gasteiger partial charge in [-0.15, -0.1) is 12.6 Å². The Morgan fingerprint density at radius 2 is 1.63 bits per heavy atom. The number of benzene rings is 2. The molecule has 1 aromatic heterocycles. The maximum absolute atomic E-state index is 14.6. The zero-order valence-corrected chi connectivity index (χ0v) is 35.9. The van der Waals surface area contributed by atoms with E-state index in [9.17, 15) is 27.6 Å². The lowest BCUT2D eigenvalue weighted by Crippen LogP contribution is -2.57. The van der Waals surface area contributed by atoms with Crippen molar-refractivity contribution < 1.29 is 27.6 Å². The third-order valence-corrected chi connectivity index (χ3v) is 10.6. The zero-order valence-electron chi connectivity index (χ0n) is 34.2. The van der Waals surface area contributed by atoms with Crippen LogP contribution in [0.1, 0.15) is 63.5 Å². The van der Waals surface area contributed by atoms with Gasteiger partial charge in [-0.3, -0.25) is 19.4 Å². The van der Waals surface area contributed by atoms with Crippen molar-refractivity contribution in [1.29, 1.82) is 0 Å². The number of allylic oxidation sites excluding steroid dienone is 3. The number of alkyl halides is 3. The Morgan fingerprint density at radius 3 is 2.29 bits per heavy atom. The van der Waals surface area contributed by atoms with Gasteiger partial charge in [0.15, 0.2) is 0 Å². The minimum atomic E-state index is -4.72. The lowest BCUT2D eigenvalue weighted by Gasteiger charge is -2.32. The van der Waals surface area contributed by atoms with Crippen LogP contribution in [0.2, 0.25) is 0 Å². The van der Waals surface area contributed by atoms with Crippen LogP contribution in [0.15, 0.2) is 87.1 Å². The zero-order chi connectivity index (χ0) is 43.5. The summed E-state index contributed by atoms with van der Waals surface area (Å²) in [5.41, 5.74) is 13.0. The Hall–Kier alpha value is -4.35. The molecular weight excluding hydrogens is 803 g/mol. The molecule has 3 atom stereocenters. The average molecular weight is 863 g/mol. The molecule has 3 rings (SSSR count). The largest absolute Gasteiger partial charge is 0.431 e. The second-order valence-electron chi connectivity index (χ2n) is 14.1. The van der Waals surface area contributed by atoms with Gasteiger partial charge in [-0.05, 0) is 81.8 Å². The molecule has 0 aliphatic carbocycles. The van der Waals surface area contributed by atoms with Crippen LogP contribution in [-0.4, -0.2) is 103 Å². The van der Waals surface area contributed by atoms with E-state index in [1.54, 1.807) is 20.0 Å². The number of nitrogens with zero attached hydrogens (tertiary/aromatic N) is 3. The molecule has 0 aliphatic rings. The van der Waals surface area contributed by atoms with Crippen molar-refractivity contribution in [1.82, 2.24) is 30.7 Å². The first-order valence-electron chi connectivity index (χ1n) is 19.9. The van der Waals surface area contributed by atoms with Gasteiger partial charge in [-0.25, -0.2) is 0 Å². The highest BCUT2D eigenvalue weighted by Crippen LogP contribution is 2.31. The number of thiol groups is 1. The normalized spacial score (nSPS) is 14.2. The number of hydrogen-bond acceptors (Lipinski definition) is 9. The number of carbonyl (C=O) groups is 3. The Labute approximate surface area is 355 Å². The molecule has 2 aromatic carbocycles. The Bertz CT molecular complexity index is 1920. The fourth-order valence-electron chi connectivity index (χ4n) is 6.56. The first kappa shape index (κ1) is 49.0. The third kappa shape index (κ3) is 14.7. The molecule has 0 saturated heterocycles. The molecule has 324 valence electrons.